The van der Waals surface area contributed by atoms with Gasteiger partial charge in [-0.3, -0.25) is 15.0 Å². The van der Waals surface area contributed by atoms with Crippen LogP contribution < -0.4 is 15.2 Å². The standard InChI is InChI=1S/C20H17BrN2O5/c1-12(20(26)27-2)28-17-9-8-14(21)10-13(17)11-16-18(24)22-23(19(16)25)15-6-4-3-5-7-15/h3-12H,1-2H3,(H,22,24). The molecule has 0 bridgehead atoms. The molecule has 8 heteroatoms. The van der Waals surface area contributed by atoms with Crippen molar-refractivity contribution in [3.63, 3.8) is 0 Å². The van der Waals surface area contributed by atoms with E-state index >= 15 is 0 Å². The molecule has 1 unspecified atom stereocenters. The lowest BCUT2D eigenvalue weighted by Gasteiger charge is -2.15. The second kappa shape index (κ2) is 8.26. The zero-order valence-electron chi connectivity index (χ0n) is 15.1. The first-order valence-corrected chi connectivity index (χ1v) is 9.16. The zero-order valence-corrected chi connectivity index (χ0v) is 16.7. The Hall–Kier alpha value is -3.13. The third kappa shape index (κ3) is 4.07. The maximum atomic E-state index is 12.7. The third-order valence-corrected chi connectivity index (χ3v) is 4.51. The monoisotopic (exact) mass is 444 g/mol. The number of carbonyl (C=O) groups is 3. The zero-order chi connectivity index (χ0) is 20.3. The molecule has 2 aromatic rings. The van der Waals surface area contributed by atoms with E-state index in [2.05, 4.69) is 26.1 Å². The molecule has 0 saturated carbocycles. The van der Waals surface area contributed by atoms with E-state index in [1.54, 1.807) is 49.4 Å². The van der Waals surface area contributed by atoms with Crippen molar-refractivity contribution in [2.24, 2.45) is 0 Å². The molecule has 0 spiro atoms. The maximum Gasteiger partial charge on any atom is 0.346 e. The van der Waals surface area contributed by atoms with Crippen molar-refractivity contribution < 1.29 is 23.9 Å². The van der Waals surface area contributed by atoms with Crippen molar-refractivity contribution in [1.82, 2.24) is 5.43 Å². The number of methoxy groups -OCH3 is 1. The minimum Gasteiger partial charge on any atom is -0.478 e. The van der Waals surface area contributed by atoms with Crippen molar-refractivity contribution in [1.29, 1.82) is 0 Å². The summed E-state index contributed by atoms with van der Waals surface area (Å²) in [5.41, 5.74) is 3.52. The fraction of sp³-hybridized carbons (Fsp3) is 0.150. The molecule has 3 rings (SSSR count). The Labute approximate surface area is 170 Å². The van der Waals surface area contributed by atoms with Crippen LogP contribution >= 0.6 is 15.9 Å². The first kappa shape index (κ1) is 19.6. The number of nitrogens with one attached hydrogen (secondary N) is 1. The van der Waals surface area contributed by atoms with Crippen LogP contribution in [0.25, 0.3) is 6.08 Å². The SMILES string of the molecule is COC(=O)C(C)Oc1ccc(Br)cc1C=C1C(=O)NN(c2ccccc2)C1=O. The summed E-state index contributed by atoms with van der Waals surface area (Å²) < 4.78 is 11.0. The average Bonchev–Trinajstić information content (AvgIpc) is 2.98. The summed E-state index contributed by atoms with van der Waals surface area (Å²) in [6.07, 6.45) is 0.585. The Balaban J connectivity index is 1.94. The van der Waals surface area contributed by atoms with Crippen LogP contribution in [0.4, 0.5) is 5.69 Å². The number of anilines is 1. The minimum absolute atomic E-state index is 0.0440. The Morgan fingerprint density at radius 1 is 1.18 bits per heavy atom. The molecule has 0 radical (unpaired) electrons. The van der Waals surface area contributed by atoms with Crippen LogP contribution in [-0.4, -0.2) is 31.0 Å². The predicted octanol–water partition coefficient (Wildman–Crippen LogP) is 2.85. The van der Waals surface area contributed by atoms with Crippen LogP contribution in [0, 0.1) is 0 Å². The van der Waals surface area contributed by atoms with Gasteiger partial charge in [-0.15, -0.1) is 0 Å². The second-order valence-corrected chi connectivity index (χ2v) is 6.86. The van der Waals surface area contributed by atoms with Gasteiger partial charge in [-0.05, 0) is 43.3 Å². The van der Waals surface area contributed by atoms with Crippen molar-refractivity contribution in [2.45, 2.75) is 13.0 Å². The van der Waals surface area contributed by atoms with Gasteiger partial charge >= 0.3 is 5.97 Å². The lowest BCUT2D eigenvalue weighted by atomic mass is 10.1. The van der Waals surface area contributed by atoms with E-state index in [1.165, 1.54) is 18.2 Å². The van der Waals surface area contributed by atoms with Crippen LogP contribution in [0.15, 0.2) is 58.6 Å². The number of nitrogens with zero attached hydrogens (tertiary/aromatic N) is 1. The number of hydrogen-bond donors (Lipinski definition) is 1. The van der Waals surface area contributed by atoms with E-state index in [4.69, 9.17) is 4.74 Å². The van der Waals surface area contributed by atoms with Gasteiger partial charge in [0.25, 0.3) is 11.8 Å². The average molecular weight is 445 g/mol. The second-order valence-electron chi connectivity index (χ2n) is 5.94. The van der Waals surface area contributed by atoms with Gasteiger partial charge in [0.1, 0.15) is 11.3 Å². The number of amides is 2. The quantitative estimate of drug-likeness (QED) is 0.435. The lowest BCUT2D eigenvalue weighted by molar-refractivity contribution is -0.147. The Kier molecular flexibility index (Phi) is 5.79. The molecule has 0 aliphatic carbocycles. The molecule has 1 N–H and O–H groups in total. The molecular formula is C20H17BrN2O5. The largest absolute Gasteiger partial charge is 0.478 e. The smallest absolute Gasteiger partial charge is 0.346 e. The molecule has 28 heavy (non-hydrogen) atoms. The molecule has 1 aliphatic heterocycles. The van der Waals surface area contributed by atoms with Crippen LogP contribution in [0.3, 0.4) is 0 Å². The number of para-hydroxylation sites is 1. The van der Waals surface area contributed by atoms with Crippen molar-refractivity contribution in [2.75, 3.05) is 12.1 Å². The van der Waals surface area contributed by atoms with Crippen LogP contribution in [0.5, 0.6) is 5.75 Å². The molecular weight excluding hydrogens is 428 g/mol. The molecule has 1 fully saturated rings. The molecule has 0 aromatic heterocycles. The third-order valence-electron chi connectivity index (χ3n) is 4.01. The topological polar surface area (TPSA) is 84.9 Å². The maximum absolute atomic E-state index is 12.7. The number of carbonyl (C=O) groups excluding carboxylic acids is 3. The number of halogens is 1. The first-order valence-electron chi connectivity index (χ1n) is 8.37. The highest BCUT2D eigenvalue weighted by Crippen LogP contribution is 2.29. The number of hydrazine groups is 1. The molecule has 7 nitrogen and oxygen atoms in total. The van der Waals surface area contributed by atoms with Crippen molar-refractivity contribution in [3.05, 3.63) is 64.1 Å². The van der Waals surface area contributed by atoms with Gasteiger partial charge in [0, 0.05) is 10.0 Å². The van der Waals surface area contributed by atoms with E-state index in [0.717, 1.165) is 4.47 Å². The Bertz CT molecular complexity index is 958. The molecule has 2 amide bonds. The van der Waals surface area contributed by atoms with E-state index in [1.807, 2.05) is 6.07 Å². The molecule has 1 aliphatic rings. The highest BCUT2D eigenvalue weighted by Gasteiger charge is 2.34. The fourth-order valence-electron chi connectivity index (χ4n) is 2.62. The fourth-order valence-corrected chi connectivity index (χ4v) is 2.99. The summed E-state index contributed by atoms with van der Waals surface area (Å²) in [7, 11) is 1.27. The normalized spacial score (nSPS) is 16.1. The van der Waals surface area contributed by atoms with Gasteiger partial charge in [0.05, 0.1) is 12.8 Å². The molecule has 1 heterocycles. The summed E-state index contributed by atoms with van der Waals surface area (Å²) in [4.78, 5) is 36.8. The molecule has 2 aromatic carbocycles. The van der Waals surface area contributed by atoms with E-state index in [9.17, 15) is 14.4 Å². The van der Waals surface area contributed by atoms with Gasteiger partial charge in [-0.2, -0.15) is 0 Å². The van der Waals surface area contributed by atoms with Crippen molar-refractivity contribution >= 4 is 45.5 Å². The summed E-state index contributed by atoms with van der Waals surface area (Å²) in [6, 6.07) is 13.8. The van der Waals surface area contributed by atoms with Gasteiger partial charge in [-0.25, -0.2) is 9.80 Å². The number of rotatable bonds is 5. The summed E-state index contributed by atoms with van der Waals surface area (Å²) in [6.45, 7) is 1.55. The summed E-state index contributed by atoms with van der Waals surface area (Å²) in [5, 5.41) is 1.18. The highest BCUT2D eigenvalue weighted by molar-refractivity contribution is 9.10. The summed E-state index contributed by atoms with van der Waals surface area (Å²) >= 11 is 3.36. The van der Waals surface area contributed by atoms with Gasteiger partial charge in [0.15, 0.2) is 6.10 Å². The Morgan fingerprint density at radius 3 is 2.57 bits per heavy atom. The highest BCUT2D eigenvalue weighted by atomic mass is 79.9. The molecule has 1 saturated heterocycles. The summed E-state index contributed by atoms with van der Waals surface area (Å²) in [5.74, 6) is -1.21. The van der Waals surface area contributed by atoms with Crippen LogP contribution in [0.2, 0.25) is 0 Å². The predicted molar refractivity (Wildman–Crippen MR) is 106 cm³/mol. The van der Waals surface area contributed by atoms with Gasteiger partial charge in [0.2, 0.25) is 0 Å². The van der Waals surface area contributed by atoms with Crippen LogP contribution in [0.1, 0.15) is 12.5 Å². The number of ether oxygens (including phenoxy) is 2. The first-order chi connectivity index (χ1) is 13.4. The lowest BCUT2D eigenvalue weighted by Crippen LogP contribution is -2.35. The van der Waals surface area contributed by atoms with E-state index in [0.29, 0.717) is 17.0 Å². The van der Waals surface area contributed by atoms with E-state index in [-0.39, 0.29) is 5.57 Å². The molecule has 1 atom stereocenters. The van der Waals surface area contributed by atoms with E-state index < -0.39 is 23.9 Å². The minimum atomic E-state index is -0.850. The number of hydrogen-bond acceptors (Lipinski definition) is 5. The Morgan fingerprint density at radius 2 is 1.89 bits per heavy atom. The van der Waals surface area contributed by atoms with Gasteiger partial charge in [-0.1, -0.05) is 34.1 Å². The van der Waals surface area contributed by atoms with Gasteiger partial charge < -0.3 is 9.47 Å². The number of esters is 1. The van der Waals surface area contributed by atoms with Crippen molar-refractivity contribution in [3.8, 4) is 5.75 Å². The van der Waals surface area contributed by atoms with Crippen LogP contribution in [-0.2, 0) is 19.1 Å². The number of benzene rings is 2. The molecule has 144 valence electrons.